The molecule has 1 rings (SSSR count). The van der Waals surface area contributed by atoms with Crippen LogP contribution in [0, 0.1) is 0 Å². The molecular weight excluding hydrogens is 273 g/mol. The maximum atomic E-state index is 12.0. The highest BCUT2D eigenvalue weighted by Gasteiger charge is 2.31. The molecule has 1 atom stereocenters. The van der Waals surface area contributed by atoms with Crippen LogP contribution in [0.2, 0.25) is 0 Å². The maximum Gasteiger partial charge on any atom is 0.573 e. The first kappa shape index (κ1) is 16.3. The lowest BCUT2D eigenvalue weighted by Gasteiger charge is -2.12. The van der Waals surface area contributed by atoms with Gasteiger partial charge in [0, 0.05) is 18.2 Å². The van der Waals surface area contributed by atoms with Gasteiger partial charge in [-0.15, -0.1) is 13.2 Å². The number of carbonyl (C=O) groups is 1. The van der Waals surface area contributed by atoms with Gasteiger partial charge in [-0.05, 0) is 30.7 Å². The first-order chi connectivity index (χ1) is 9.31. The van der Waals surface area contributed by atoms with Gasteiger partial charge in [0.15, 0.2) is 0 Å². The number of nitrogens with two attached hydrogens (primary N) is 1. The highest BCUT2D eigenvalue weighted by molar-refractivity contribution is 5.94. The van der Waals surface area contributed by atoms with Crippen molar-refractivity contribution in [2.75, 3.05) is 6.54 Å². The molecule has 0 aliphatic rings. The summed E-state index contributed by atoms with van der Waals surface area (Å²) in [7, 11) is 0. The number of hydrogen-bond acceptors (Lipinski definition) is 3. The molecule has 0 bridgehead atoms. The molecule has 1 amide bonds. The lowest BCUT2D eigenvalue weighted by Crippen LogP contribution is -2.37. The molecule has 1 unspecified atom stereocenters. The van der Waals surface area contributed by atoms with Crippen LogP contribution in [0.25, 0.3) is 0 Å². The van der Waals surface area contributed by atoms with Gasteiger partial charge in [0.2, 0.25) is 0 Å². The summed E-state index contributed by atoms with van der Waals surface area (Å²) in [5.41, 5.74) is 6.00. The van der Waals surface area contributed by atoms with Crippen molar-refractivity contribution >= 4 is 5.91 Å². The van der Waals surface area contributed by atoms with E-state index in [1.165, 1.54) is 12.1 Å². The van der Waals surface area contributed by atoms with E-state index in [-0.39, 0.29) is 23.3 Å². The van der Waals surface area contributed by atoms with Crippen molar-refractivity contribution in [1.29, 1.82) is 0 Å². The minimum Gasteiger partial charge on any atom is -0.406 e. The third-order valence-electron chi connectivity index (χ3n) is 2.53. The van der Waals surface area contributed by atoms with Gasteiger partial charge >= 0.3 is 6.36 Å². The molecule has 0 radical (unpaired) electrons. The Morgan fingerprint density at radius 1 is 1.35 bits per heavy atom. The molecule has 0 saturated heterocycles. The van der Waals surface area contributed by atoms with E-state index in [1.54, 1.807) is 0 Å². The predicted molar refractivity (Wildman–Crippen MR) is 68.3 cm³/mol. The van der Waals surface area contributed by atoms with Gasteiger partial charge in [0.1, 0.15) is 5.75 Å². The van der Waals surface area contributed by atoms with Crippen molar-refractivity contribution in [3.8, 4) is 5.75 Å². The zero-order valence-corrected chi connectivity index (χ0v) is 11.0. The molecule has 0 saturated carbocycles. The first-order valence-corrected chi connectivity index (χ1v) is 6.21. The number of hydrogen-bond donors (Lipinski definition) is 2. The standard InChI is InChI=1S/C13H17F3N2O2/c1-2-3-10(17)8-18-12(19)9-4-6-11(7-5-9)20-13(14,15)16/h4-7,10H,2-3,8,17H2,1H3,(H,18,19). The Balaban J connectivity index is 2.53. The fraction of sp³-hybridized carbons (Fsp3) is 0.462. The number of nitrogens with one attached hydrogen (secondary N) is 1. The SMILES string of the molecule is CCCC(N)CNC(=O)c1ccc(OC(F)(F)F)cc1. The number of halogens is 3. The Bertz CT molecular complexity index is 432. The Morgan fingerprint density at radius 3 is 2.45 bits per heavy atom. The topological polar surface area (TPSA) is 64.3 Å². The minimum atomic E-state index is -4.74. The number of rotatable bonds is 6. The Labute approximate surface area is 115 Å². The number of carbonyl (C=O) groups excluding carboxylic acids is 1. The molecule has 0 fully saturated rings. The van der Waals surface area contributed by atoms with Gasteiger partial charge < -0.3 is 15.8 Å². The Hall–Kier alpha value is -1.76. The van der Waals surface area contributed by atoms with Crippen LogP contribution in [-0.2, 0) is 0 Å². The van der Waals surface area contributed by atoms with Crippen molar-refractivity contribution in [3.63, 3.8) is 0 Å². The smallest absolute Gasteiger partial charge is 0.406 e. The van der Waals surface area contributed by atoms with E-state index >= 15 is 0 Å². The van der Waals surface area contributed by atoms with E-state index in [9.17, 15) is 18.0 Å². The molecule has 7 heteroatoms. The molecule has 20 heavy (non-hydrogen) atoms. The Morgan fingerprint density at radius 2 is 1.95 bits per heavy atom. The van der Waals surface area contributed by atoms with Gasteiger partial charge in [-0.3, -0.25) is 4.79 Å². The van der Waals surface area contributed by atoms with Crippen molar-refractivity contribution in [3.05, 3.63) is 29.8 Å². The van der Waals surface area contributed by atoms with Crippen molar-refractivity contribution in [1.82, 2.24) is 5.32 Å². The molecule has 4 nitrogen and oxygen atoms in total. The van der Waals surface area contributed by atoms with E-state index in [1.807, 2.05) is 6.92 Å². The highest BCUT2D eigenvalue weighted by atomic mass is 19.4. The average Bonchev–Trinajstić information content (AvgIpc) is 2.35. The van der Waals surface area contributed by atoms with Crippen LogP contribution in [0.5, 0.6) is 5.75 Å². The summed E-state index contributed by atoms with van der Waals surface area (Å²) < 4.78 is 39.6. The molecule has 0 aliphatic heterocycles. The van der Waals surface area contributed by atoms with Crippen molar-refractivity contribution < 1.29 is 22.7 Å². The maximum absolute atomic E-state index is 12.0. The van der Waals surface area contributed by atoms with Gasteiger partial charge in [-0.2, -0.15) is 0 Å². The lowest BCUT2D eigenvalue weighted by molar-refractivity contribution is -0.274. The molecule has 0 aliphatic carbocycles. The average molecular weight is 290 g/mol. The van der Waals surface area contributed by atoms with E-state index in [0.29, 0.717) is 6.54 Å². The fourth-order valence-electron chi connectivity index (χ4n) is 1.61. The molecule has 112 valence electrons. The van der Waals surface area contributed by atoms with E-state index < -0.39 is 6.36 Å². The van der Waals surface area contributed by atoms with Gasteiger partial charge in [0.25, 0.3) is 5.91 Å². The number of amides is 1. The zero-order valence-electron chi connectivity index (χ0n) is 11.0. The van der Waals surface area contributed by atoms with Crippen LogP contribution in [-0.4, -0.2) is 24.9 Å². The first-order valence-electron chi connectivity index (χ1n) is 6.21. The van der Waals surface area contributed by atoms with Gasteiger partial charge in [-0.1, -0.05) is 13.3 Å². The molecular formula is C13H17F3N2O2. The van der Waals surface area contributed by atoms with Crippen LogP contribution < -0.4 is 15.8 Å². The summed E-state index contributed by atoms with van der Waals surface area (Å²) in [5.74, 6) is -0.744. The molecule has 1 aromatic rings. The van der Waals surface area contributed by atoms with Gasteiger partial charge in [-0.25, -0.2) is 0 Å². The summed E-state index contributed by atoms with van der Waals surface area (Å²) in [6.45, 7) is 2.31. The van der Waals surface area contributed by atoms with E-state index in [2.05, 4.69) is 10.1 Å². The number of ether oxygens (including phenoxy) is 1. The van der Waals surface area contributed by atoms with E-state index in [4.69, 9.17) is 5.73 Å². The second-order valence-corrected chi connectivity index (χ2v) is 4.33. The second kappa shape index (κ2) is 7.14. The van der Waals surface area contributed by atoms with Crippen LogP contribution in [0.1, 0.15) is 30.1 Å². The third-order valence-corrected chi connectivity index (χ3v) is 2.53. The molecule has 3 N–H and O–H groups in total. The van der Waals surface area contributed by atoms with Crippen LogP contribution in [0.4, 0.5) is 13.2 Å². The Kier molecular flexibility index (Phi) is 5.82. The molecule has 1 aromatic carbocycles. The molecule has 0 spiro atoms. The summed E-state index contributed by atoms with van der Waals surface area (Å²) >= 11 is 0. The summed E-state index contributed by atoms with van der Waals surface area (Å²) in [5, 5.41) is 2.62. The highest BCUT2D eigenvalue weighted by Crippen LogP contribution is 2.22. The van der Waals surface area contributed by atoms with Crippen LogP contribution in [0.15, 0.2) is 24.3 Å². The lowest BCUT2D eigenvalue weighted by atomic mass is 10.1. The normalized spacial score (nSPS) is 12.8. The largest absolute Gasteiger partial charge is 0.573 e. The summed E-state index contributed by atoms with van der Waals surface area (Å²) in [4.78, 5) is 11.7. The van der Waals surface area contributed by atoms with Gasteiger partial charge in [0.05, 0.1) is 0 Å². The monoisotopic (exact) mass is 290 g/mol. The van der Waals surface area contributed by atoms with Crippen LogP contribution in [0.3, 0.4) is 0 Å². The molecule has 0 heterocycles. The minimum absolute atomic E-state index is 0.128. The molecule has 0 aromatic heterocycles. The van der Waals surface area contributed by atoms with E-state index in [0.717, 1.165) is 25.0 Å². The quantitative estimate of drug-likeness (QED) is 0.845. The third kappa shape index (κ3) is 5.92. The summed E-state index contributed by atoms with van der Waals surface area (Å²) in [6, 6.07) is 4.59. The second-order valence-electron chi connectivity index (χ2n) is 4.33. The number of benzene rings is 1. The predicted octanol–water partition coefficient (Wildman–Crippen LogP) is 2.44. The zero-order chi connectivity index (χ0) is 15.2. The number of alkyl halides is 3. The van der Waals surface area contributed by atoms with Crippen molar-refractivity contribution in [2.24, 2.45) is 5.73 Å². The van der Waals surface area contributed by atoms with Crippen LogP contribution >= 0.6 is 0 Å². The summed E-state index contributed by atoms with van der Waals surface area (Å²) in [6.07, 6.45) is -3.03. The fourth-order valence-corrected chi connectivity index (χ4v) is 1.61. The van der Waals surface area contributed by atoms with Crippen molar-refractivity contribution in [2.45, 2.75) is 32.2 Å².